The summed E-state index contributed by atoms with van der Waals surface area (Å²) in [7, 11) is 0. The molecule has 0 radical (unpaired) electrons. The fourth-order valence-electron chi connectivity index (χ4n) is 0.860. The highest BCUT2D eigenvalue weighted by atomic mass is 35.5. The van der Waals surface area contributed by atoms with Gasteiger partial charge in [0.25, 0.3) is 0 Å². The third-order valence-electron chi connectivity index (χ3n) is 1.26. The fourth-order valence-corrected chi connectivity index (χ4v) is 1.04. The highest BCUT2D eigenvalue weighted by Crippen LogP contribution is 2.27. The van der Waals surface area contributed by atoms with Crippen LogP contribution in [0, 0.1) is 0 Å². The molecule has 0 saturated carbocycles. The van der Waals surface area contributed by atoms with Crippen LogP contribution in [0.25, 0.3) is 0 Å². The maximum atomic E-state index is 10.4. The smallest absolute Gasteiger partial charge is 0.409 e. The van der Waals surface area contributed by atoms with Gasteiger partial charge in [-0.3, -0.25) is 0 Å². The summed E-state index contributed by atoms with van der Waals surface area (Å²) in [6.07, 6.45) is 0. The number of hydrogen-bond donors (Lipinski definition) is 1. The maximum absolute atomic E-state index is 10.4. The van der Waals surface area contributed by atoms with Crippen molar-refractivity contribution in [2.24, 2.45) is 0 Å². The second-order valence-electron chi connectivity index (χ2n) is 2.34. The number of benzene rings is 1. The number of halogens is 2. The third kappa shape index (κ3) is 4.05. The number of carbonyl (C=O) groups excluding carboxylic acids is 2. The van der Waals surface area contributed by atoms with Crippen LogP contribution in [-0.4, -0.2) is 16.0 Å². The number of ether oxygens (including phenoxy) is 2. The molecule has 15 heavy (non-hydrogen) atoms. The third-order valence-corrected chi connectivity index (χ3v) is 1.42. The number of phenols is 1. The zero-order valence-electron chi connectivity index (χ0n) is 7.07. The van der Waals surface area contributed by atoms with Crippen molar-refractivity contribution in [2.45, 2.75) is 0 Å². The second-order valence-corrected chi connectivity index (χ2v) is 2.96. The van der Waals surface area contributed by atoms with Crippen LogP contribution < -0.4 is 9.47 Å². The van der Waals surface area contributed by atoms with Crippen LogP contribution in [-0.2, 0) is 0 Å². The summed E-state index contributed by atoms with van der Waals surface area (Å²) in [5.74, 6) is -0.399. The minimum absolute atomic E-state index is 0.0667. The highest BCUT2D eigenvalue weighted by molar-refractivity contribution is 6.61. The normalized spacial score (nSPS) is 9.47. The van der Waals surface area contributed by atoms with E-state index in [1.807, 2.05) is 0 Å². The van der Waals surface area contributed by atoms with Crippen molar-refractivity contribution in [3.63, 3.8) is 0 Å². The van der Waals surface area contributed by atoms with Gasteiger partial charge in [0.2, 0.25) is 0 Å². The Labute approximate surface area is 94.1 Å². The van der Waals surface area contributed by atoms with Crippen LogP contribution >= 0.6 is 23.2 Å². The quantitative estimate of drug-likeness (QED) is 0.818. The number of aromatic hydroxyl groups is 1. The summed E-state index contributed by atoms with van der Waals surface area (Å²) in [5.41, 5.74) is -2.16. The van der Waals surface area contributed by atoms with Crippen molar-refractivity contribution in [1.82, 2.24) is 0 Å². The van der Waals surface area contributed by atoms with Gasteiger partial charge in [-0.15, -0.1) is 0 Å². The lowest BCUT2D eigenvalue weighted by molar-refractivity contribution is 0.224. The van der Waals surface area contributed by atoms with E-state index in [0.29, 0.717) is 0 Å². The van der Waals surface area contributed by atoms with E-state index in [4.69, 9.17) is 28.3 Å². The van der Waals surface area contributed by atoms with Gasteiger partial charge >= 0.3 is 10.9 Å². The molecule has 7 heteroatoms. The molecule has 0 heterocycles. The van der Waals surface area contributed by atoms with Gasteiger partial charge in [-0.25, -0.2) is 9.59 Å². The van der Waals surface area contributed by atoms with E-state index in [1.54, 1.807) is 0 Å². The van der Waals surface area contributed by atoms with Crippen molar-refractivity contribution in [3.8, 4) is 17.2 Å². The van der Waals surface area contributed by atoms with E-state index in [9.17, 15) is 9.59 Å². The van der Waals surface area contributed by atoms with Gasteiger partial charge < -0.3 is 14.6 Å². The van der Waals surface area contributed by atoms with Crippen molar-refractivity contribution in [3.05, 3.63) is 18.2 Å². The number of hydrogen-bond acceptors (Lipinski definition) is 5. The lowest BCUT2D eigenvalue weighted by Gasteiger charge is -2.04. The molecule has 0 aromatic heterocycles. The van der Waals surface area contributed by atoms with Crippen LogP contribution in [0.3, 0.4) is 0 Å². The predicted octanol–water partition coefficient (Wildman–Crippen LogP) is 2.87. The summed E-state index contributed by atoms with van der Waals surface area (Å²) >= 11 is 9.89. The molecular weight excluding hydrogens is 247 g/mol. The van der Waals surface area contributed by atoms with E-state index >= 15 is 0 Å². The average Bonchev–Trinajstić information content (AvgIpc) is 1.98. The first-order valence-electron chi connectivity index (χ1n) is 3.56. The van der Waals surface area contributed by atoms with Gasteiger partial charge in [-0.1, -0.05) is 0 Å². The minimum Gasteiger partial charge on any atom is -0.508 e. The first kappa shape index (κ1) is 11.6. The molecule has 0 amide bonds. The fraction of sp³-hybridized carbons (Fsp3) is 0. The zero-order valence-corrected chi connectivity index (χ0v) is 8.58. The summed E-state index contributed by atoms with van der Waals surface area (Å²) < 4.78 is 8.90. The predicted molar refractivity (Wildman–Crippen MR) is 51.9 cm³/mol. The Morgan fingerprint density at radius 2 is 1.40 bits per heavy atom. The molecule has 1 N–H and O–H groups in total. The lowest BCUT2D eigenvalue weighted by Crippen LogP contribution is -1.99. The van der Waals surface area contributed by atoms with Gasteiger partial charge in [0.1, 0.15) is 17.2 Å². The van der Waals surface area contributed by atoms with Crippen LogP contribution in [0.5, 0.6) is 17.2 Å². The average molecular weight is 251 g/mol. The van der Waals surface area contributed by atoms with Gasteiger partial charge in [-0.05, 0) is 0 Å². The van der Waals surface area contributed by atoms with Gasteiger partial charge in [-0.2, -0.15) is 0 Å². The van der Waals surface area contributed by atoms with E-state index in [2.05, 4.69) is 9.47 Å². The Kier molecular flexibility index (Phi) is 3.76. The topological polar surface area (TPSA) is 72.8 Å². The molecular formula is C8H4Cl2O5. The number of carbonyl (C=O) groups is 2. The van der Waals surface area contributed by atoms with Crippen molar-refractivity contribution >= 4 is 34.1 Å². The second kappa shape index (κ2) is 4.86. The first-order valence-corrected chi connectivity index (χ1v) is 4.31. The minimum atomic E-state index is -1.08. The molecule has 5 nitrogen and oxygen atoms in total. The van der Waals surface area contributed by atoms with Crippen LogP contribution in [0.1, 0.15) is 0 Å². The Morgan fingerprint density at radius 3 is 1.73 bits per heavy atom. The first-order chi connectivity index (χ1) is 6.97. The standard InChI is InChI=1S/C8H4Cl2O5/c9-7(12)14-5-1-4(11)2-6(3-5)15-8(10)13/h1-3,11H. The molecule has 0 aliphatic rings. The van der Waals surface area contributed by atoms with Crippen molar-refractivity contribution < 1.29 is 24.2 Å². The molecule has 0 bridgehead atoms. The van der Waals surface area contributed by atoms with E-state index < -0.39 is 10.9 Å². The molecule has 1 aromatic carbocycles. The van der Waals surface area contributed by atoms with Gasteiger partial charge in [0, 0.05) is 41.4 Å². The molecule has 0 aliphatic heterocycles. The van der Waals surface area contributed by atoms with Crippen molar-refractivity contribution in [1.29, 1.82) is 0 Å². The highest BCUT2D eigenvalue weighted by Gasteiger charge is 2.07. The molecule has 0 saturated heterocycles. The molecule has 0 unspecified atom stereocenters. The summed E-state index contributed by atoms with van der Waals surface area (Å²) in [5, 5.41) is 9.15. The molecule has 0 fully saturated rings. The van der Waals surface area contributed by atoms with Gasteiger partial charge in [0.05, 0.1) is 0 Å². The summed E-state index contributed by atoms with van der Waals surface area (Å²) in [6, 6.07) is 3.40. The van der Waals surface area contributed by atoms with E-state index in [-0.39, 0.29) is 17.2 Å². The monoisotopic (exact) mass is 250 g/mol. The zero-order chi connectivity index (χ0) is 11.4. The van der Waals surface area contributed by atoms with Crippen molar-refractivity contribution in [2.75, 3.05) is 0 Å². The molecule has 1 rings (SSSR count). The molecule has 80 valence electrons. The Bertz CT molecular complexity index is 370. The SMILES string of the molecule is O=C(Cl)Oc1cc(O)cc(OC(=O)Cl)c1. The number of phenolic OH excluding ortho intramolecular Hbond substituents is 1. The summed E-state index contributed by atoms with van der Waals surface area (Å²) in [4.78, 5) is 20.8. The summed E-state index contributed by atoms with van der Waals surface area (Å²) in [6.45, 7) is 0. The Balaban J connectivity index is 2.94. The van der Waals surface area contributed by atoms with Crippen LogP contribution in [0.15, 0.2) is 18.2 Å². The Morgan fingerprint density at radius 1 is 1.00 bits per heavy atom. The number of rotatable bonds is 2. The van der Waals surface area contributed by atoms with E-state index in [1.165, 1.54) is 6.07 Å². The molecule has 0 aliphatic carbocycles. The van der Waals surface area contributed by atoms with Crippen LogP contribution in [0.2, 0.25) is 0 Å². The molecule has 0 spiro atoms. The van der Waals surface area contributed by atoms with E-state index in [0.717, 1.165) is 12.1 Å². The molecule has 1 aromatic rings. The largest absolute Gasteiger partial charge is 0.508 e. The lowest BCUT2D eigenvalue weighted by atomic mass is 10.3. The van der Waals surface area contributed by atoms with Gasteiger partial charge in [0.15, 0.2) is 0 Å². The molecule has 0 atom stereocenters. The Hall–Kier alpha value is -1.46. The van der Waals surface area contributed by atoms with Crippen LogP contribution in [0.4, 0.5) is 9.59 Å². The maximum Gasteiger partial charge on any atom is 0.409 e.